The number of nitrogens with zero attached hydrogens (tertiary/aromatic N) is 5. The van der Waals surface area contributed by atoms with Gasteiger partial charge in [0.05, 0.1) is 7.11 Å². The minimum atomic E-state index is -0.357. The normalized spacial score (nSPS) is 14.6. The molecule has 0 spiro atoms. The number of hydrogen-bond donors (Lipinski definition) is 1. The van der Waals surface area contributed by atoms with Gasteiger partial charge in [0.1, 0.15) is 5.82 Å². The van der Waals surface area contributed by atoms with E-state index in [4.69, 9.17) is 4.74 Å². The van der Waals surface area contributed by atoms with E-state index in [0.29, 0.717) is 6.54 Å². The summed E-state index contributed by atoms with van der Waals surface area (Å²) in [7, 11) is 3.23. The molecular weight excluding hydrogens is 494 g/mol. The summed E-state index contributed by atoms with van der Waals surface area (Å²) in [5.74, 6) is 1.62. The standard InChI is InChI=1S/C18H25FN6OS.HI/c1-4-16-22-18(27-23-16)25-9-7-24(8-10-25)17(20-2)21-12-13-5-6-15(26-3)14(19)11-13;/h5-6,11H,4,7-10,12H2,1-3H3,(H,20,21);1H. The van der Waals surface area contributed by atoms with Crippen LogP contribution in [0, 0.1) is 5.82 Å². The Kier molecular flexibility index (Phi) is 8.67. The number of nitrogens with one attached hydrogen (secondary N) is 1. The number of anilines is 1. The van der Waals surface area contributed by atoms with Crippen molar-refractivity contribution in [1.82, 2.24) is 19.6 Å². The maximum Gasteiger partial charge on any atom is 0.205 e. The molecule has 2 heterocycles. The van der Waals surface area contributed by atoms with Crippen molar-refractivity contribution >= 4 is 46.6 Å². The maximum atomic E-state index is 13.8. The number of benzene rings is 1. The Balaban J connectivity index is 0.00000280. The molecule has 1 aliphatic heterocycles. The third-order valence-electron chi connectivity index (χ3n) is 4.50. The number of aromatic nitrogens is 2. The summed E-state index contributed by atoms with van der Waals surface area (Å²) in [6.07, 6.45) is 0.860. The van der Waals surface area contributed by atoms with E-state index in [1.54, 1.807) is 13.1 Å². The molecule has 0 amide bonds. The smallest absolute Gasteiger partial charge is 0.205 e. The average molecular weight is 520 g/mol. The fraction of sp³-hybridized carbons (Fsp3) is 0.500. The van der Waals surface area contributed by atoms with E-state index in [2.05, 4.69) is 36.4 Å². The molecule has 1 aromatic carbocycles. The van der Waals surface area contributed by atoms with Crippen LogP contribution in [0.15, 0.2) is 23.2 Å². The van der Waals surface area contributed by atoms with Gasteiger partial charge in [-0.15, -0.1) is 24.0 Å². The molecule has 2 aromatic rings. The lowest BCUT2D eigenvalue weighted by Gasteiger charge is -2.36. The Hall–Kier alpha value is -1.69. The van der Waals surface area contributed by atoms with Crippen LogP contribution in [-0.2, 0) is 13.0 Å². The number of guanidine groups is 1. The first kappa shape index (κ1) is 22.6. The number of hydrogen-bond acceptors (Lipinski definition) is 6. The van der Waals surface area contributed by atoms with Crippen molar-refractivity contribution in [2.75, 3.05) is 45.2 Å². The lowest BCUT2D eigenvalue weighted by molar-refractivity contribution is 0.372. The van der Waals surface area contributed by atoms with Crippen molar-refractivity contribution in [1.29, 1.82) is 0 Å². The molecule has 0 saturated carbocycles. The number of rotatable bonds is 5. The molecule has 1 fully saturated rings. The number of halogens is 2. The molecule has 0 bridgehead atoms. The van der Waals surface area contributed by atoms with Crippen LogP contribution in [0.4, 0.5) is 9.52 Å². The molecule has 28 heavy (non-hydrogen) atoms. The quantitative estimate of drug-likeness (QED) is 0.372. The molecule has 3 rings (SSSR count). The van der Waals surface area contributed by atoms with Gasteiger partial charge in [0.2, 0.25) is 5.13 Å². The highest BCUT2D eigenvalue weighted by atomic mass is 127. The monoisotopic (exact) mass is 520 g/mol. The van der Waals surface area contributed by atoms with Crippen LogP contribution >= 0.6 is 35.5 Å². The van der Waals surface area contributed by atoms with Gasteiger partial charge in [0.15, 0.2) is 17.5 Å². The van der Waals surface area contributed by atoms with Crippen LogP contribution in [0.1, 0.15) is 18.3 Å². The number of piperazine rings is 1. The van der Waals surface area contributed by atoms with Gasteiger partial charge in [-0.25, -0.2) is 9.37 Å². The Morgan fingerprint density at radius 3 is 2.64 bits per heavy atom. The molecule has 0 aliphatic carbocycles. The molecule has 0 radical (unpaired) electrons. The largest absolute Gasteiger partial charge is 0.494 e. The summed E-state index contributed by atoms with van der Waals surface area (Å²) in [5.41, 5.74) is 0.842. The van der Waals surface area contributed by atoms with E-state index < -0.39 is 0 Å². The molecule has 154 valence electrons. The molecule has 1 N–H and O–H groups in total. The van der Waals surface area contributed by atoms with E-state index >= 15 is 0 Å². The van der Waals surface area contributed by atoms with Gasteiger partial charge in [-0.1, -0.05) is 13.0 Å². The van der Waals surface area contributed by atoms with Crippen LogP contribution < -0.4 is 15.0 Å². The third-order valence-corrected chi connectivity index (χ3v) is 5.32. The summed E-state index contributed by atoms with van der Waals surface area (Å²) in [6, 6.07) is 4.97. The highest BCUT2D eigenvalue weighted by molar-refractivity contribution is 14.0. The van der Waals surface area contributed by atoms with Crippen LogP contribution in [0.2, 0.25) is 0 Å². The minimum Gasteiger partial charge on any atom is -0.494 e. The van der Waals surface area contributed by atoms with Crippen LogP contribution in [0.5, 0.6) is 5.75 Å². The number of ether oxygens (including phenoxy) is 1. The predicted molar refractivity (Wildman–Crippen MR) is 122 cm³/mol. The third kappa shape index (κ3) is 5.43. The van der Waals surface area contributed by atoms with E-state index in [1.807, 2.05) is 6.07 Å². The van der Waals surface area contributed by atoms with Gasteiger partial charge in [0, 0.05) is 57.7 Å². The van der Waals surface area contributed by atoms with E-state index in [1.165, 1.54) is 24.7 Å². The molecule has 1 aliphatic rings. The SMILES string of the molecule is CCc1nsc(N2CCN(C(=NC)NCc3ccc(OC)c(F)c3)CC2)n1.I. The summed E-state index contributed by atoms with van der Waals surface area (Å²) >= 11 is 1.46. The van der Waals surface area contributed by atoms with Gasteiger partial charge < -0.3 is 19.9 Å². The first-order valence-corrected chi connectivity index (χ1v) is 9.77. The second-order valence-corrected chi connectivity index (χ2v) is 6.92. The molecule has 7 nitrogen and oxygen atoms in total. The van der Waals surface area contributed by atoms with Crippen LogP contribution in [-0.4, -0.2) is 60.6 Å². The van der Waals surface area contributed by atoms with E-state index in [0.717, 1.165) is 55.1 Å². The zero-order valence-corrected chi connectivity index (χ0v) is 19.5. The summed E-state index contributed by atoms with van der Waals surface area (Å²) in [6.45, 7) is 6.00. The topological polar surface area (TPSA) is 65.9 Å². The lowest BCUT2D eigenvalue weighted by Crippen LogP contribution is -2.52. The highest BCUT2D eigenvalue weighted by Crippen LogP contribution is 2.20. The van der Waals surface area contributed by atoms with E-state index in [-0.39, 0.29) is 35.5 Å². The molecule has 1 saturated heterocycles. The maximum absolute atomic E-state index is 13.8. The fourth-order valence-electron chi connectivity index (χ4n) is 2.96. The van der Waals surface area contributed by atoms with Crippen LogP contribution in [0.25, 0.3) is 0 Å². The van der Waals surface area contributed by atoms with Crippen molar-refractivity contribution in [3.8, 4) is 5.75 Å². The minimum absolute atomic E-state index is 0. The van der Waals surface area contributed by atoms with Gasteiger partial charge in [-0.3, -0.25) is 4.99 Å². The zero-order valence-electron chi connectivity index (χ0n) is 16.3. The zero-order chi connectivity index (χ0) is 19.2. The molecule has 0 atom stereocenters. The Morgan fingerprint density at radius 1 is 1.32 bits per heavy atom. The fourth-order valence-corrected chi connectivity index (χ4v) is 3.76. The van der Waals surface area contributed by atoms with Gasteiger partial charge >= 0.3 is 0 Å². The summed E-state index contributed by atoms with van der Waals surface area (Å²) < 4.78 is 23.2. The summed E-state index contributed by atoms with van der Waals surface area (Å²) in [4.78, 5) is 13.4. The molecular formula is C18H26FIN6OS. The first-order valence-electron chi connectivity index (χ1n) is 9.00. The second-order valence-electron chi connectivity index (χ2n) is 6.19. The molecule has 0 unspecified atom stereocenters. The van der Waals surface area contributed by atoms with Gasteiger partial charge in [0.25, 0.3) is 0 Å². The number of aryl methyl sites for hydroxylation is 1. The van der Waals surface area contributed by atoms with Crippen molar-refractivity contribution in [3.05, 3.63) is 35.4 Å². The second kappa shape index (κ2) is 10.7. The van der Waals surface area contributed by atoms with E-state index in [9.17, 15) is 4.39 Å². The first-order chi connectivity index (χ1) is 13.1. The highest BCUT2D eigenvalue weighted by Gasteiger charge is 2.22. The van der Waals surface area contributed by atoms with Crippen molar-refractivity contribution in [2.24, 2.45) is 4.99 Å². The lowest BCUT2D eigenvalue weighted by atomic mass is 10.2. The Labute approximate surface area is 186 Å². The number of methoxy groups -OCH3 is 1. The van der Waals surface area contributed by atoms with Crippen molar-refractivity contribution < 1.29 is 9.13 Å². The van der Waals surface area contributed by atoms with Crippen molar-refractivity contribution in [3.63, 3.8) is 0 Å². The van der Waals surface area contributed by atoms with Crippen LogP contribution in [0.3, 0.4) is 0 Å². The Morgan fingerprint density at radius 2 is 2.07 bits per heavy atom. The van der Waals surface area contributed by atoms with Gasteiger partial charge in [-0.05, 0) is 17.7 Å². The predicted octanol–water partition coefficient (Wildman–Crippen LogP) is 2.76. The molecule has 1 aromatic heterocycles. The number of aliphatic imine (C=N–C) groups is 1. The summed E-state index contributed by atoms with van der Waals surface area (Å²) in [5, 5.41) is 4.30. The van der Waals surface area contributed by atoms with Gasteiger partial charge in [-0.2, -0.15) is 4.37 Å². The average Bonchev–Trinajstić information content (AvgIpc) is 3.18. The van der Waals surface area contributed by atoms with Crippen molar-refractivity contribution in [2.45, 2.75) is 19.9 Å². The molecule has 10 heteroatoms. The Bertz CT molecular complexity index is 794.